The zero-order valence-electron chi connectivity index (χ0n) is 11.6. The van der Waals surface area contributed by atoms with Gasteiger partial charge in [-0.1, -0.05) is 6.07 Å². The SMILES string of the molecule is CC(O)c1ccc(N(C)CC2CCCOC2)c(Br)c1. The second-order valence-electron chi connectivity index (χ2n) is 5.35. The monoisotopic (exact) mass is 327 g/mol. The number of aliphatic hydroxyl groups is 1. The van der Waals surface area contributed by atoms with E-state index in [1.165, 1.54) is 12.8 Å². The maximum Gasteiger partial charge on any atom is 0.0762 e. The van der Waals surface area contributed by atoms with Crippen LogP contribution in [-0.4, -0.2) is 31.9 Å². The third kappa shape index (κ3) is 3.94. The van der Waals surface area contributed by atoms with Gasteiger partial charge in [-0.05, 0) is 59.3 Å². The standard InChI is InChI=1S/C15H22BrNO2/c1-11(18)13-5-6-15(14(16)8-13)17(2)9-12-4-3-7-19-10-12/h5-6,8,11-12,18H,3-4,7,9-10H2,1-2H3. The van der Waals surface area contributed by atoms with Crippen LogP contribution >= 0.6 is 15.9 Å². The lowest BCUT2D eigenvalue weighted by atomic mass is 10.0. The molecule has 1 heterocycles. The predicted octanol–water partition coefficient (Wildman–Crippen LogP) is 3.37. The van der Waals surface area contributed by atoms with Crippen molar-refractivity contribution in [2.24, 2.45) is 5.92 Å². The van der Waals surface area contributed by atoms with Crippen molar-refractivity contribution in [2.45, 2.75) is 25.9 Å². The Kier molecular flexibility index (Phi) is 5.25. The minimum Gasteiger partial charge on any atom is -0.389 e. The molecule has 1 aromatic rings. The highest BCUT2D eigenvalue weighted by Gasteiger charge is 2.17. The zero-order chi connectivity index (χ0) is 13.8. The normalized spacial score (nSPS) is 21.2. The van der Waals surface area contributed by atoms with Crippen molar-refractivity contribution < 1.29 is 9.84 Å². The van der Waals surface area contributed by atoms with E-state index >= 15 is 0 Å². The van der Waals surface area contributed by atoms with E-state index in [2.05, 4.69) is 33.9 Å². The van der Waals surface area contributed by atoms with E-state index in [-0.39, 0.29) is 0 Å². The Labute approximate surface area is 123 Å². The molecular formula is C15H22BrNO2. The summed E-state index contributed by atoms with van der Waals surface area (Å²) in [5.41, 5.74) is 2.10. The van der Waals surface area contributed by atoms with Crippen LogP contribution in [0.4, 0.5) is 5.69 Å². The van der Waals surface area contributed by atoms with Crippen molar-refractivity contribution in [2.75, 3.05) is 31.7 Å². The van der Waals surface area contributed by atoms with Gasteiger partial charge in [0.2, 0.25) is 0 Å². The summed E-state index contributed by atoms with van der Waals surface area (Å²) in [7, 11) is 2.11. The fourth-order valence-corrected chi connectivity index (χ4v) is 3.23. The molecule has 4 heteroatoms. The molecule has 0 bridgehead atoms. The summed E-state index contributed by atoms with van der Waals surface area (Å²) in [6.45, 7) is 4.57. The average Bonchev–Trinajstić information content (AvgIpc) is 2.39. The molecule has 19 heavy (non-hydrogen) atoms. The van der Waals surface area contributed by atoms with Crippen molar-refractivity contribution >= 4 is 21.6 Å². The third-order valence-corrected chi connectivity index (χ3v) is 4.29. The Bertz CT molecular complexity index is 417. The Morgan fingerprint density at radius 3 is 2.89 bits per heavy atom. The average molecular weight is 328 g/mol. The molecule has 0 amide bonds. The molecule has 0 saturated carbocycles. The number of rotatable bonds is 4. The number of anilines is 1. The van der Waals surface area contributed by atoms with E-state index < -0.39 is 6.10 Å². The smallest absolute Gasteiger partial charge is 0.0762 e. The maximum atomic E-state index is 9.59. The fraction of sp³-hybridized carbons (Fsp3) is 0.600. The number of halogens is 1. The summed E-state index contributed by atoms with van der Waals surface area (Å²) in [5, 5.41) is 9.59. The Hall–Kier alpha value is -0.580. The molecule has 0 radical (unpaired) electrons. The predicted molar refractivity (Wildman–Crippen MR) is 81.6 cm³/mol. The summed E-state index contributed by atoms with van der Waals surface area (Å²) in [5.74, 6) is 0.613. The van der Waals surface area contributed by atoms with Crippen molar-refractivity contribution in [1.29, 1.82) is 0 Å². The van der Waals surface area contributed by atoms with Gasteiger partial charge in [0.05, 0.1) is 18.4 Å². The molecule has 1 fully saturated rings. The van der Waals surface area contributed by atoms with E-state index in [9.17, 15) is 5.11 Å². The summed E-state index contributed by atoms with van der Waals surface area (Å²) < 4.78 is 6.56. The number of benzene rings is 1. The number of ether oxygens (including phenoxy) is 1. The first-order chi connectivity index (χ1) is 9.08. The highest BCUT2D eigenvalue weighted by atomic mass is 79.9. The number of hydrogen-bond donors (Lipinski definition) is 1. The summed E-state index contributed by atoms with van der Waals surface area (Å²) in [6, 6.07) is 6.04. The minimum absolute atomic E-state index is 0.428. The number of aliphatic hydroxyl groups excluding tert-OH is 1. The van der Waals surface area contributed by atoms with Gasteiger partial charge in [-0.25, -0.2) is 0 Å². The van der Waals surface area contributed by atoms with Crippen molar-refractivity contribution in [3.05, 3.63) is 28.2 Å². The second-order valence-corrected chi connectivity index (χ2v) is 6.20. The molecule has 3 nitrogen and oxygen atoms in total. The van der Waals surface area contributed by atoms with Crippen molar-refractivity contribution in [1.82, 2.24) is 0 Å². The van der Waals surface area contributed by atoms with Gasteiger partial charge in [0, 0.05) is 24.7 Å². The van der Waals surface area contributed by atoms with Gasteiger partial charge in [-0.15, -0.1) is 0 Å². The number of hydrogen-bond acceptors (Lipinski definition) is 3. The topological polar surface area (TPSA) is 32.7 Å². The first-order valence-corrected chi connectivity index (χ1v) is 7.63. The van der Waals surface area contributed by atoms with Gasteiger partial charge in [-0.3, -0.25) is 0 Å². The molecule has 0 aliphatic carbocycles. The molecular weight excluding hydrogens is 306 g/mol. The van der Waals surface area contributed by atoms with Gasteiger partial charge in [0.1, 0.15) is 0 Å². The highest BCUT2D eigenvalue weighted by Crippen LogP contribution is 2.29. The fourth-order valence-electron chi connectivity index (χ4n) is 2.53. The maximum absolute atomic E-state index is 9.59. The third-order valence-electron chi connectivity index (χ3n) is 3.65. The van der Waals surface area contributed by atoms with Crippen LogP contribution in [0.2, 0.25) is 0 Å². The lowest BCUT2D eigenvalue weighted by Gasteiger charge is -2.29. The van der Waals surface area contributed by atoms with Crippen LogP contribution in [0.3, 0.4) is 0 Å². The molecule has 1 aromatic carbocycles. The molecule has 1 saturated heterocycles. The van der Waals surface area contributed by atoms with E-state index in [0.717, 1.165) is 35.5 Å². The van der Waals surface area contributed by atoms with Gasteiger partial charge in [0.25, 0.3) is 0 Å². The lowest BCUT2D eigenvalue weighted by Crippen LogP contribution is -2.31. The van der Waals surface area contributed by atoms with E-state index in [0.29, 0.717) is 5.92 Å². The largest absolute Gasteiger partial charge is 0.389 e. The van der Waals surface area contributed by atoms with Crippen LogP contribution in [0.5, 0.6) is 0 Å². The van der Waals surface area contributed by atoms with Crippen molar-refractivity contribution in [3.63, 3.8) is 0 Å². The summed E-state index contributed by atoms with van der Waals surface area (Å²) >= 11 is 3.60. The van der Waals surface area contributed by atoms with Gasteiger partial charge in [0.15, 0.2) is 0 Å². The first kappa shape index (κ1) is 14.8. The summed E-state index contributed by atoms with van der Waals surface area (Å²) in [6.07, 6.45) is 1.98. The second kappa shape index (κ2) is 6.73. The van der Waals surface area contributed by atoms with E-state index in [1.807, 2.05) is 12.1 Å². The minimum atomic E-state index is -0.428. The van der Waals surface area contributed by atoms with Gasteiger partial charge in [-0.2, -0.15) is 0 Å². The molecule has 1 aliphatic rings. The van der Waals surface area contributed by atoms with E-state index in [4.69, 9.17) is 4.74 Å². The molecule has 2 rings (SSSR count). The molecule has 106 valence electrons. The summed E-state index contributed by atoms with van der Waals surface area (Å²) in [4.78, 5) is 2.26. The van der Waals surface area contributed by atoms with Crippen LogP contribution in [0.15, 0.2) is 22.7 Å². The molecule has 0 spiro atoms. The van der Waals surface area contributed by atoms with Crippen molar-refractivity contribution in [3.8, 4) is 0 Å². The van der Waals surface area contributed by atoms with Crippen LogP contribution in [0.25, 0.3) is 0 Å². The molecule has 1 aliphatic heterocycles. The van der Waals surface area contributed by atoms with Crippen LogP contribution < -0.4 is 4.90 Å². The van der Waals surface area contributed by atoms with Gasteiger partial charge < -0.3 is 14.7 Å². The van der Waals surface area contributed by atoms with Gasteiger partial charge >= 0.3 is 0 Å². The molecule has 1 N–H and O–H groups in total. The number of nitrogens with zero attached hydrogens (tertiary/aromatic N) is 1. The van der Waals surface area contributed by atoms with Crippen LogP contribution in [0.1, 0.15) is 31.4 Å². The zero-order valence-corrected chi connectivity index (χ0v) is 13.2. The highest BCUT2D eigenvalue weighted by molar-refractivity contribution is 9.10. The van der Waals surface area contributed by atoms with Crippen LogP contribution in [-0.2, 0) is 4.74 Å². The Balaban J connectivity index is 2.03. The molecule has 0 aromatic heterocycles. The lowest BCUT2D eigenvalue weighted by molar-refractivity contribution is 0.0576. The Morgan fingerprint density at radius 2 is 2.32 bits per heavy atom. The molecule has 2 unspecified atom stereocenters. The first-order valence-electron chi connectivity index (χ1n) is 6.84. The molecule has 2 atom stereocenters. The van der Waals surface area contributed by atoms with Crippen LogP contribution in [0, 0.1) is 5.92 Å². The van der Waals surface area contributed by atoms with E-state index in [1.54, 1.807) is 6.92 Å². The Morgan fingerprint density at radius 1 is 1.53 bits per heavy atom. The quantitative estimate of drug-likeness (QED) is 0.920.